The molecule has 0 unspecified atom stereocenters. The van der Waals surface area contributed by atoms with Gasteiger partial charge < -0.3 is 16.4 Å². The summed E-state index contributed by atoms with van der Waals surface area (Å²) in [7, 11) is 1.72. The number of pyridine rings is 2. The average Bonchev–Trinajstić information content (AvgIpc) is 2.78. The van der Waals surface area contributed by atoms with Crippen molar-refractivity contribution in [3.05, 3.63) is 76.2 Å². The summed E-state index contributed by atoms with van der Waals surface area (Å²) in [5.74, 6) is 0.0112. The molecule has 4 rings (SSSR count). The molecule has 170 valence electrons. The van der Waals surface area contributed by atoms with E-state index in [9.17, 15) is 18.0 Å². The van der Waals surface area contributed by atoms with Crippen LogP contribution in [0.15, 0.2) is 65.6 Å². The lowest BCUT2D eigenvalue weighted by Crippen LogP contribution is -2.23. The Bertz CT molecular complexity index is 1380. The van der Waals surface area contributed by atoms with Crippen LogP contribution in [0.3, 0.4) is 0 Å². The number of benzene rings is 2. The lowest BCUT2D eigenvalue weighted by Gasteiger charge is -2.15. The smallest absolute Gasteiger partial charge is 0.397 e. The number of hydrogen-bond donors (Lipinski definition) is 3. The van der Waals surface area contributed by atoms with Crippen molar-refractivity contribution in [2.45, 2.75) is 6.18 Å². The Morgan fingerprint density at radius 2 is 1.82 bits per heavy atom. The van der Waals surface area contributed by atoms with E-state index in [1.807, 2.05) is 0 Å². The summed E-state index contributed by atoms with van der Waals surface area (Å²) in [4.78, 5) is 18.0. The lowest BCUT2D eigenvalue weighted by molar-refractivity contribution is -0.115. The minimum absolute atomic E-state index is 0.0112. The van der Waals surface area contributed by atoms with Gasteiger partial charge in [0.05, 0.1) is 28.1 Å². The van der Waals surface area contributed by atoms with Crippen molar-refractivity contribution < 1.29 is 13.2 Å². The summed E-state index contributed by atoms with van der Waals surface area (Å²) in [6.45, 7) is -1.24. The van der Waals surface area contributed by atoms with Crippen LogP contribution in [0.5, 0.6) is 0 Å². The van der Waals surface area contributed by atoms with Crippen LogP contribution in [0, 0.1) is 0 Å². The number of nitrogens with zero attached hydrogens (tertiary/aromatic N) is 2. The summed E-state index contributed by atoms with van der Waals surface area (Å²) in [6, 6.07) is 14.8. The summed E-state index contributed by atoms with van der Waals surface area (Å²) < 4.78 is 39.4. The second-order valence-electron chi connectivity index (χ2n) is 7.31. The number of nitrogen functional groups attached to an aromatic ring is 1. The van der Waals surface area contributed by atoms with Crippen molar-refractivity contribution in [3.8, 4) is 16.8 Å². The highest BCUT2D eigenvalue weighted by molar-refractivity contribution is 6.30. The fraction of sp³-hybridized carbons (Fsp3) is 0.130. The predicted octanol–water partition coefficient (Wildman–Crippen LogP) is 5.30. The summed E-state index contributed by atoms with van der Waals surface area (Å²) in [6.07, 6.45) is -2.80. The topological polar surface area (TPSA) is 85.0 Å². The van der Waals surface area contributed by atoms with Gasteiger partial charge in [-0.2, -0.15) is 13.2 Å². The van der Waals surface area contributed by atoms with Crippen molar-refractivity contribution in [1.82, 2.24) is 9.55 Å². The van der Waals surface area contributed by atoms with Crippen LogP contribution in [-0.4, -0.2) is 29.3 Å². The van der Waals surface area contributed by atoms with Gasteiger partial charge in [-0.05, 0) is 48.0 Å². The molecule has 0 saturated carbocycles. The minimum Gasteiger partial charge on any atom is -0.397 e. The van der Waals surface area contributed by atoms with E-state index in [4.69, 9.17) is 17.3 Å². The van der Waals surface area contributed by atoms with Crippen LogP contribution in [0.2, 0.25) is 5.02 Å². The molecular weight excluding hydrogens is 455 g/mol. The first-order chi connectivity index (χ1) is 15.7. The molecule has 2 heterocycles. The van der Waals surface area contributed by atoms with E-state index < -0.39 is 18.3 Å². The highest BCUT2D eigenvalue weighted by atomic mass is 35.5. The van der Waals surface area contributed by atoms with Gasteiger partial charge in [0.15, 0.2) is 0 Å². The van der Waals surface area contributed by atoms with Gasteiger partial charge in [-0.1, -0.05) is 23.7 Å². The van der Waals surface area contributed by atoms with Gasteiger partial charge in [0.25, 0.3) is 5.56 Å². The Kier molecular flexibility index (Phi) is 5.90. The SMILES string of the molecule is CNc1cc(-n2cc3ccc(NCC(F)(F)F)nc3c(-c3ccc(Cl)cc3)c2=O)ccc1N. The quantitative estimate of drug-likeness (QED) is 0.342. The predicted molar refractivity (Wildman–Crippen MR) is 126 cm³/mol. The molecule has 0 fully saturated rings. The van der Waals surface area contributed by atoms with E-state index in [1.165, 1.54) is 10.6 Å². The van der Waals surface area contributed by atoms with Gasteiger partial charge in [0.2, 0.25) is 0 Å². The molecule has 0 amide bonds. The monoisotopic (exact) mass is 473 g/mol. The van der Waals surface area contributed by atoms with E-state index in [0.29, 0.717) is 33.0 Å². The molecule has 0 aliphatic carbocycles. The van der Waals surface area contributed by atoms with Gasteiger partial charge in [-0.3, -0.25) is 9.36 Å². The molecule has 33 heavy (non-hydrogen) atoms. The fourth-order valence-corrected chi connectivity index (χ4v) is 3.59. The van der Waals surface area contributed by atoms with Gasteiger partial charge in [-0.25, -0.2) is 4.98 Å². The zero-order valence-electron chi connectivity index (χ0n) is 17.4. The van der Waals surface area contributed by atoms with Crippen molar-refractivity contribution in [2.75, 3.05) is 30.0 Å². The molecule has 6 nitrogen and oxygen atoms in total. The Balaban J connectivity index is 1.96. The molecule has 4 aromatic rings. The number of hydrogen-bond acceptors (Lipinski definition) is 5. The highest BCUT2D eigenvalue weighted by Crippen LogP contribution is 2.29. The number of nitrogens with two attached hydrogens (primary N) is 1. The van der Waals surface area contributed by atoms with E-state index in [1.54, 1.807) is 61.8 Å². The first kappa shape index (κ1) is 22.5. The number of aromatic nitrogens is 2. The minimum atomic E-state index is -4.40. The maximum atomic E-state index is 13.6. The van der Waals surface area contributed by atoms with Gasteiger partial charge in [0, 0.05) is 23.7 Å². The lowest BCUT2D eigenvalue weighted by atomic mass is 10.0. The van der Waals surface area contributed by atoms with Gasteiger partial charge >= 0.3 is 6.18 Å². The summed E-state index contributed by atoms with van der Waals surface area (Å²) in [5, 5.41) is 6.30. The van der Waals surface area contributed by atoms with Crippen LogP contribution in [0.4, 0.5) is 30.4 Å². The fourth-order valence-electron chi connectivity index (χ4n) is 3.46. The number of nitrogens with one attached hydrogen (secondary N) is 2. The molecule has 0 aliphatic heterocycles. The third-order valence-corrected chi connectivity index (χ3v) is 5.30. The van der Waals surface area contributed by atoms with E-state index in [0.717, 1.165) is 0 Å². The maximum absolute atomic E-state index is 13.6. The highest BCUT2D eigenvalue weighted by Gasteiger charge is 2.27. The zero-order valence-corrected chi connectivity index (χ0v) is 18.1. The maximum Gasteiger partial charge on any atom is 0.405 e. The number of fused-ring (bicyclic) bond motifs is 1. The standard InChI is InChI=1S/C23H19ClF3N5O/c1-29-18-10-16(7-8-17(18)28)32-11-14-4-9-19(30-12-23(25,26)27)31-21(14)20(22(32)33)13-2-5-15(24)6-3-13/h2-11,29H,12,28H2,1H3,(H,30,31). The first-order valence-corrected chi connectivity index (χ1v) is 10.2. The van der Waals surface area contributed by atoms with Gasteiger partial charge in [0.1, 0.15) is 12.4 Å². The number of anilines is 3. The van der Waals surface area contributed by atoms with Crippen LogP contribution in [0.1, 0.15) is 0 Å². The van der Waals surface area contributed by atoms with E-state index >= 15 is 0 Å². The first-order valence-electron chi connectivity index (χ1n) is 9.87. The number of rotatable bonds is 5. The van der Waals surface area contributed by atoms with E-state index in [2.05, 4.69) is 15.6 Å². The second-order valence-corrected chi connectivity index (χ2v) is 7.75. The van der Waals surface area contributed by atoms with Crippen molar-refractivity contribution >= 4 is 39.7 Å². The number of alkyl halides is 3. The molecule has 0 spiro atoms. The Morgan fingerprint density at radius 3 is 2.48 bits per heavy atom. The molecule has 4 N–H and O–H groups in total. The largest absolute Gasteiger partial charge is 0.405 e. The molecule has 2 aromatic carbocycles. The average molecular weight is 474 g/mol. The molecule has 0 saturated heterocycles. The van der Waals surface area contributed by atoms with Crippen LogP contribution >= 0.6 is 11.6 Å². The summed E-state index contributed by atoms with van der Waals surface area (Å²) >= 11 is 6.01. The molecule has 0 bridgehead atoms. The third kappa shape index (κ3) is 4.73. The molecule has 0 aliphatic rings. The van der Waals surface area contributed by atoms with Crippen molar-refractivity contribution in [1.29, 1.82) is 0 Å². The van der Waals surface area contributed by atoms with Crippen molar-refractivity contribution in [2.24, 2.45) is 0 Å². The van der Waals surface area contributed by atoms with Crippen LogP contribution < -0.4 is 21.9 Å². The Labute approximate surface area is 191 Å². The van der Waals surface area contributed by atoms with Crippen LogP contribution in [0.25, 0.3) is 27.7 Å². The normalized spacial score (nSPS) is 11.5. The number of halogens is 4. The molecule has 0 atom stereocenters. The third-order valence-electron chi connectivity index (χ3n) is 5.05. The van der Waals surface area contributed by atoms with Crippen molar-refractivity contribution in [3.63, 3.8) is 0 Å². The Morgan fingerprint density at radius 1 is 1.09 bits per heavy atom. The molecule has 10 heteroatoms. The Hall–Kier alpha value is -3.72. The molecule has 2 aromatic heterocycles. The van der Waals surface area contributed by atoms with E-state index in [-0.39, 0.29) is 16.9 Å². The van der Waals surface area contributed by atoms with Crippen LogP contribution in [-0.2, 0) is 0 Å². The zero-order chi connectivity index (χ0) is 23.8. The molecule has 0 radical (unpaired) electrons. The second kappa shape index (κ2) is 8.67. The molecular formula is C23H19ClF3N5O. The summed E-state index contributed by atoms with van der Waals surface area (Å²) in [5.41, 5.74) is 8.35. The van der Waals surface area contributed by atoms with Gasteiger partial charge in [-0.15, -0.1) is 0 Å².